The van der Waals surface area contributed by atoms with E-state index in [0.717, 1.165) is 29.9 Å². The van der Waals surface area contributed by atoms with Gasteiger partial charge in [0, 0.05) is 23.5 Å². The van der Waals surface area contributed by atoms with E-state index in [4.69, 9.17) is 0 Å². The molecule has 104 valence electrons. The molecule has 2 aromatic carbocycles. The van der Waals surface area contributed by atoms with Gasteiger partial charge in [-0.3, -0.25) is 4.79 Å². The first-order valence-electron chi connectivity index (χ1n) is 6.91. The van der Waals surface area contributed by atoms with Crippen LogP contribution in [0.3, 0.4) is 0 Å². The Labute approximate surface area is 120 Å². The van der Waals surface area contributed by atoms with E-state index < -0.39 is 0 Å². The highest BCUT2D eigenvalue weighted by molar-refractivity contribution is 6.05. The Morgan fingerprint density at radius 3 is 2.30 bits per heavy atom. The summed E-state index contributed by atoms with van der Waals surface area (Å²) in [6.07, 6.45) is 1.09. The number of amides is 1. The van der Waals surface area contributed by atoms with Crippen molar-refractivity contribution < 1.29 is 4.79 Å². The number of carbonyl (C=O) groups excluding carboxylic acids is 1. The second kappa shape index (κ2) is 6.75. The van der Waals surface area contributed by atoms with Crippen LogP contribution in [-0.2, 0) is 0 Å². The summed E-state index contributed by atoms with van der Waals surface area (Å²) in [5.41, 5.74) is 3.56. The molecule has 3 nitrogen and oxygen atoms in total. The lowest BCUT2D eigenvalue weighted by Gasteiger charge is -2.09. The van der Waals surface area contributed by atoms with Crippen molar-refractivity contribution in [3.8, 4) is 0 Å². The van der Waals surface area contributed by atoms with Crippen LogP contribution >= 0.6 is 0 Å². The molecule has 0 aliphatic heterocycles. The first-order chi connectivity index (χ1) is 9.70. The van der Waals surface area contributed by atoms with Gasteiger partial charge in [0.15, 0.2) is 0 Å². The molecule has 20 heavy (non-hydrogen) atoms. The third-order valence-corrected chi connectivity index (χ3v) is 3.11. The topological polar surface area (TPSA) is 41.1 Å². The highest BCUT2D eigenvalue weighted by Crippen LogP contribution is 2.15. The molecule has 0 spiro atoms. The maximum absolute atomic E-state index is 12.2. The molecule has 3 heteroatoms. The molecule has 0 saturated carbocycles. The predicted molar refractivity (Wildman–Crippen MR) is 84.4 cm³/mol. The smallest absolute Gasteiger partial charge is 0.255 e. The second-order valence-electron chi connectivity index (χ2n) is 4.77. The minimum absolute atomic E-state index is 0.0719. The first kappa shape index (κ1) is 14.1. The summed E-state index contributed by atoms with van der Waals surface area (Å²) in [6.45, 7) is 5.02. The molecule has 2 aromatic rings. The fraction of sp³-hybridized carbons (Fsp3) is 0.235. The Morgan fingerprint density at radius 1 is 1.00 bits per heavy atom. The summed E-state index contributed by atoms with van der Waals surface area (Å²) in [5, 5.41) is 6.22. The highest BCUT2D eigenvalue weighted by atomic mass is 16.1. The standard InChI is InChI=1S/C17H20N2O/c1-3-12-18-14-8-10-15(11-9-14)19-17(20)16-7-5-4-6-13(16)2/h4-11,18H,3,12H2,1-2H3,(H,19,20). The molecule has 0 aromatic heterocycles. The lowest BCUT2D eigenvalue weighted by Crippen LogP contribution is -2.13. The van der Waals surface area contributed by atoms with Gasteiger partial charge in [-0.1, -0.05) is 25.1 Å². The van der Waals surface area contributed by atoms with Gasteiger partial charge in [-0.25, -0.2) is 0 Å². The number of rotatable bonds is 5. The number of aryl methyl sites for hydroxylation is 1. The van der Waals surface area contributed by atoms with Crippen molar-refractivity contribution in [2.75, 3.05) is 17.2 Å². The Morgan fingerprint density at radius 2 is 1.65 bits per heavy atom. The van der Waals surface area contributed by atoms with Gasteiger partial charge in [-0.2, -0.15) is 0 Å². The van der Waals surface area contributed by atoms with Crippen LogP contribution in [-0.4, -0.2) is 12.5 Å². The summed E-state index contributed by atoms with van der Waals surface area (Å²) >= 11 is 0. The SMILES string of the molecule is CCCNc1ccc(NC(=O)c2ccccc2C)cc1. The number of hydrogen-bond acceptors (Lipinski definition) is 2. The van der Waals surface area contributed by atoms with Crippen molar-refractivity contribution in [3.05, 3.63) is 59.7 Å². The monoisotopic (exact) mass is 268 g/mol. The lowest BCUT2D eigenvalue weighted by atomic mass is 10.1. The van der Waals surface area contributed by atoms with E-state index in [1.807, 2.05) is 55.5 Å². The van der Waals surface area contributed by atoms with Gasteiger partial charge < -0.3 is 10.6 Å². The predicted octanol–water partition coefficient (Wildman–Crippen LogP) is 4.07. The molecule has 2 rings (SSSR count). The molecule has 0 radical (unpaired) electrons. The zero-order valence-corrected chi connectivity index (χ0v) is 11.9. The molecular formula is C17H20N2O. The Hall–Kier alpha value is -2.29. The Bertz CT molecular complexity index is 576. The van der Waals surface area contributed by atoms with E-state index in [1.54, 1.807) is 0 Å². The summed E-state index contributed by atoms with van der Waals surface area (Å²) < 4.78 is 0. The van der Waals surface area contributed by atoms with Crippen LogP contribution < -0.4 is 10.6 Å². The normalized spacial score (nSPS) is 10.1. The van der Waals surface area contributed by atoms with Crippen LogP contribution in [0.2, 0.25) is 0 Å². The molecular weight excluding hydrogens is 248 g/mol. The van der Waals surface area contributed by atoms with Gasteiger partial charge in [0.1, 0.15) is 0 Å². The molecule has 1 amide bonds. The average Bonchev–Trinajstić information content (AvgIpc) is 2.47. The van der Waals surface area contributed by atoms with Crippen molar-refractivity contribution in [1.82, 2.24) is 0 Å². The van der Waals surface area contributed by atoms with E-state index >= 15 is 0 Å². The quantitative estimate of drug-likeness (QED) is 0.858. The number of nitrogens with one attached hydrogen (secondary N) is 2. The first-order valence-corrected chi connectivity index (χ1v) is 6.91. The molecule has 0 saturated heterocycles. The Balaban J connectivity index is 2.03. The van der Waals surface area contributed by atoms with Crippen molar-refractivity contribution in [2.24, 2.45) is 0 Å². The van der Waals surface area contributed by atoms with Gasteiger partial charge in [-0.05, 0) is 49.2 Å². The van der Waals surface area contributed by atoms with Crippen LogP contribution in [0.1, 0.15) is 29.3 Å². The van der Waals surface area contributed by atoms with E-state index in [-0.39, 0.29) is 5.91 Å². The lowest BCUT2D eigenvalue weighted by molar-refractivity contribution is 0.102. The van der Waals surface area contributed by atoms with Crippen LogP contribution in [0.25, 0.3) is 0 Å². The average molecular weight is 268 g/mol. The third kappa shape index (κ3) is 3.60. The zero-order chi connectivity index (χ0) is 14.4. The van der Waals surface area contributed by atoms with E-state index in [2.05, 4.69) is 17.6 Å². The molecule has 0 unspecified atom stereocenters. The van der Waals surface area contributed by atoms with E-state index in [1.165, 1.54) is 0 Å². The summed E-state index contributed by atoms with van der Waals surface area (Å²) in [5.74, 6) is -0.0719. The van der Waals surface area contributed by atoms with Crippen LogP contribution in [0.5, 0.6) is 0 Å². The molecule has 0 fully saturated rings. The van der Waals surface area contributed by atoms with Crippen LogP contribution in [0.15, 0.2) is 48.5 Å². The van der Waals surface area contributed by atoms with Gasteiger partial charge >= 0.3 is 0 Å². The van der Waals surface area contributed by atoms with Crippen molar-refractivity contribution in [1.29, 1.82) is 0 Å². The molecule has 0 atom stereocenters. The van der Waals surface area contributed by atoms with Gasteiger partial charge in [-0.15, -0.1) is 0 Å². The number of carbonyl (C=O) groups is 1. The Kier molecular flexibility index (Phi) is 4.77. The second-order valence-corrected chi connectivity index (χ2v) is 4.77. The van der Waals surface area contributed by atoms with Crippen LogP contribution in [0, 0.1) is 6.92 Å². The molecule has 0 aliphatic rings. The van der Waals surface area contributed by atoms with Gasteiger partial charge in [0.25, 0.3) is 5.91 Å². The summed E-state index contributed by atoms with van der Waals surface area (Å²) in [7, 11) is 0. The van der Waals surface area contributed by atoms with Crippen molar-refractivity contribution in [3.63, 3.8) is 0 Å². The maximum atomic E-state index is 12.2. The van der Waals surface area contributed by atoms with Crippen LogP contribution in [0.4, 0.5) is 11.4 Å². The highest BCUT2D eigenvalue weighted by Gasteiger charge is 2.08. The zero-order valence-electron chi connectivity index (χ0n) is 11.9. The number of hydrogen-bond donors (Lipinski definition) is 2. The summed E-state index contributed by atoms with van der Waals surface area (Å²) in [6, 6.07) is 15.4. The molecule has 2 N–H and O–H groups in total. The van der Waals surface area contributed by atoms with E-state index in [9.17, 15) is 4.79 Å². The third-order valence-electron chi connectivity index (χ3n) is 3.11. The number of anilines is 2. The fourth-order valence-electron chi connectivity index (χ4n) is 1.97. The van der Waals surface area contributed by atoms with Gasteiger partial charge in [0.05, 0.1) is 0 Å². The largest absolute Gasteiger partial charge is 0.385 e. The van der Waals surface area contributed by atoms with Gasteiger partial charge in [0.2, 0.25) is 0 Å². The minimum Gasteiger partial charge on any atom is -0.385 e. The summed E-state index contributed by atoms with van der Waals surface area (Å²) in [4.78, 5) is 12.2. The minimum atomic E-state index is -0.0719. The maximum Gasteiger partial charge on any atom is 0.255 e. The number of benzene rings is 2. The molecule has 0 heterocycles. The van der Waals surface area contributed by atoms with Crippen molar-refractivity contribution in [2.45, 2.75) is 20.3 Å². The van der Waals surface area contributed by atoms with E-state index in [0.29, 0.717) is 5.56 Å². The molecule has 0 aliphatic carbocycles. The van der Waals surface area contributed by atoms with Crippen molar-refractivity contribution >= 4 is 17.3 Å². The fourth-order valence-corrected chi connectivity index (χ4v) is 1.97. The molecule has 0 bridgehead atoms.